The molecule has 0 unspecified atom stereocenters. The van der Waals surface area contributed by atoms with Crippen molar-refractivity contribution in [1.82, 2.24) is 4.83 Å². The zero-order valence-corrected chi connectivity index (χ0v) is 16.3. The average molecular weight is 388 g/mol. The summed E-state index contributed by atoms with van der Waals surface area (Å²) < 4.78 is 24.6. The maximum Gasteiger partial charge on any atom is 0.276 e. The van der Waals surface area contributed by atoms with Gasteiger partial charge in [-0.3, -0.25) is 0 Å². The molecule has 3 aromatic carbocycles. The number of nitrogens with one attached hydrogen (secondary N) is 1. The molecule has 0 atom stereocenters. The van der Waals surface area contributed by atoms with Crippen LogP contribution in [0.15, 0.2) is 88.9 Å². The zero-order valence-electron chi connectivity index (χ0n) is 15.5. The van der Waals surface area contributed by atoms with Gasteiger partial charge in [0.15, 0.2) is 0 Å². The van der Waals surface area contributed by atoms with E-state index in [9.17, 15) is 8.42 Å². The number of nitrogens with zero attached hydrogens (tertiary/aromatic N) is 1. The average Bonchev–Trinajstić information content (AvgIpc) is 2.70. The van der Waals surface area contributed by atoms with Crippen LogP contribution >= 0.6 is 0 Å². The Morgan fingerprint density at radius 1 is 0.929 bits per heavy atom. The molecule has 1 N–H and O–H groups in total. The van der Waals surface area contributed by atoms with Crippen LogP contribution < -0.4 is 4.83 Å². The molecule has 0 aromatic heterocycles. The minimum atomic E-state index is -3.69. The zero-order chi connectivity index (χ0) is 19.8. The third-order valence-electron chi connectivity index (χ3n) is 4.05. The van der Waals surface area contributed by atoms with E-state index in [0.29, 0.717) is 6.42 Å². The minimum Gasteiger partial charge on any atom is -0.200 e. The van der Waals surface area contributed by atoms with E-state index in [2.05, 4.69) is 21.8 Å². The van der Waals surface area contributed by atoms with Gasteiger partial charge < -0.3 is 0 Å². The van der Waals surface area contributed by atoms with Crippen LogP contribution in [0.25, 0.3) is 0 Å². The van der Waals surface area contributed by atoms with Crippen molar-refractivity contribution in [2.45, 2.75) is 18.2 Å². The number of benzene rings is 3. The predicted octanol–water partition coefficient (Wildman–Crippen LogP) is 3.90. The van der Waals surface area contributed by atoms with Gasteiger partial charge in [0.05, 0.1) is 11.1 Å². The summed E-state index contributed by atoms with van der Waals surface area (Å²) in [7, 11) is -3.69. The lowest BCUT2D eigenvalue weighted by Gasteiger charge is -2.04. The number of hydrogen-bond donors (Lipinski definition) is 1. The van der Waals surface area contributed by atoms with Crippen LogP contribution in [-0.4, -0.2) is 14.6 Å². The van der Waals surface area contributed by atoms with Gasteiger partial charge in [-0.2, -0.15) is 13.5 Å². The fourth-order valence-electron chi connectivity index (χ4n) is 2.52. The van der Waals surface area contributed by atoms with Crippen LogP contribution in [0.3, 0.4) is 0 Å². The Morgan fingerprint density at radius 3 is 2.36 bits per heavy atom. The fraction of sp³-hybridized carbons (Fsp3) is 0.0870. The third kappa shape index (κ3) is 5.32. The fourth-order valence-corrected chi connectivity index (χ4v) is 3.31. The molecule has 0 amide bonds. The molecule has 4 nitrogen and oxygen atoms in total. The van der Waals surface area contributed by atoms with Crippen molar-refractivity contribution in [2.75, 3.05) is 0 Å². The van der Waals surface area contributed by atoms with Gasteiger partial charge in [-0.25, -0.2) is 4.83 Å². The lowest BCUT2D eigenvalue weighted by Crippen LogP contribution is -2.18. The van der Waals surface area contributed by atoms with E-state index in [0.717, 1.165) is 22.3 Å². The van der Waals surface area contributed by atoms with Crippen molar-refractivity contribution in [3.63, 3.8) is 0 Å². The summed E-state index contributed by atoms with van der Waals surface area (Å²) in [6.45, 7) is 1.90. The smallest absolute Gasteiger partial charge is 0.200 e. The Bertz CT molecular complexity index is 1120. The quantitative estimate of drug-likeness (QED) is 0.409. The summed E-state index contributed by atoms with van der Waals surface area (Å²) in [5, 5.41) is 3.93. The predicted molar refractivity (Wildman–Crippen MR) is 113 cm³/mol. The molecule has 0 saturated heterocycles. The molecule has 0 radical (unpaired) electrons. The third-order valence-corrected chi connectivity index (χ3v) is 5.29. The van der Waals surface area contributed by atoms with Crippen molar-refractivity contribution in [2.24, 2.45) is 5.10 Å². The van der Waals surface area contributed by atoms with E-state index in [1.54, 1.807) is 24.3 Å². The Kier molecular flexibility index (Phi) is 6.25. The normalized spacial score (nSPS) is 11.0. The second kappa shape index (κ2) is 9.03. The lowest BCUT2D eigenvalue weighted by molar-refractivity contribution is 0.584. The Labute approximate surface area is 166 Å². The van der Waals surface area contributed by atoms with Crippen LogP contribution in [0.4, 0.5) is 0 Å². The Morgan fingerprint density at radius 2 is 1.61 bits per heavy atom. The van der Waals surface area contributed by atoms with E-state index >= 15 is 0 Å². The van der Waals surface area contributed by atoms with Crippen LogP contribution in [-0.2, 0) is 16.4 Å². The molecule has 0 spiro atoms. The van der Waals surface area contributed by atoms with Gasteiger partial charge in [0.1, 0.15) is 0 Å². The highest BCUT2D eigenvalue weighted by atomic mass is 32.2. The molecular weight excluding hydrogens is 368 g/mol. The molecule has 0 aliphatic carbocycles. The molecule has 140 valence electrons. The first-order chi connectivity index (χ1) is 13.5. The van der Waals surface area contributed by atoms with Crippen molar-refractivity contribution in [3.05, 3.63) is 101 Å². The van der Waals surface area contributed by atoms with Crippen LogP contribution in [0.5, 0.6) is 0 Å². The first-order valence-corrected chi connectivity index (χ1v) is 10.3. The molecule has 0 aliphatic heterocycles. The minimum absolute atomic E-state index is 0.178. The molecule has 3 rings (SSSR count). The Hall–Kier alpha value is -3.36. The van der Waals surface area contributed by atoms with Gasteiger partial charge in [-0.15, -0.1) is 0 Å². The van der Waals surface area contributed by atoms with Crippen molar-refractivity contribution >= 4 is 16.2 Å². The van der Waals surface area contributed by atoms with Gasteiger partial charge in [-0.1, -0.05) is 72.0 Å². The largest absolute Gasteiger partial charge is 0.276 e. The number of hydrazone groups is 1. The molecule has 0 aliphatic rings. The molecule has 28 heavy (non-hydrogen) atoms. The first kappa shape index (κ1) is 19.4. The highest BCUT2D eigenvalue weighted by Crippen LogP contribution is 2.10. The van der Waals surface area contributed by atoms with E-state index < -0.39 is 10.0 Å². The van der Waals surface area contributed by atoms with Crippen molar-refractivity contribution in [3.8, 4) is 11.8 Å². The summed E-state index contributed by atoms with van der Waals surface area (Å²) >= 11 is 0. The molecular formula is C23H20N2O2S. The van der Waals surface area contributed by atoms with Gasteiger partial charge in [0.25, 0.3) is 10.0 Å². The Balaban J connectivity index is 1.71. The van der Waals surface area contributed by atoms with Crippen molar-refractivity contribution in [1.29, 1.82) is 0 Å². The molecule has 3 aromatic rings. The number of rotatable bonds is 5. The number of hydrogen-bond acceptors (Lipinski definition) is 3. The van der Waals surface area contributed by atoms with E-state index in [1.165, 1.54) is 6.21 Å². The van der Waals surface area contributed by atoms with Crippen LogP contribution in [0.1, 0.15) is 22.3 Å². The van der Waals surface area contributed by atoms with Gasteiger partial charge >= 0.3 is 0 Å². The topological polar surface area (TPSA) is 58.5 Å². The standard InChI is InChI=1S/C23H20N2O2S/c1-19-14-16-23(17-15-19)28(26,27)25-24-18-22-12-6-5-11-21(22)13-7-10-20-8-3-2-4-9-20/h2-6,8-9,11-12,14-18,25H,13H2,1H3/b24-18+. The summed E-state index contributed by atoms with van der Waals surface area (Å²) in [4.78, 5) is 2.44. The monoisotopic (exact) mass is 388 g/mol. The van der Waals surface area contributed by atoms with Crippen LogP contribution in [0.2, 0.25) is 0 Å². The number of aryl methyl sites for hydroxylation is 1. The first-order valence-electron chi connectivity index (χ1n) is 8.78. The van der Waals surface area contributed by atoms with E-state index in [1.807, 2.05) is 61.5 Å². The second-order valence-corrected chi connectivity index (χ2v) is 7.87. The highest BCUT2D eigenvalue weighted by molar-refractivity contribution is 7.89. The van der Waals surface area contributed by atoms with Gasteiger partial charge in [0, 0.05) is 12.0 Å². The van der Waals surface area contributed by atoms with E-state index in [4.69, 9.17) is 0 Å². The lowest BCUT2D eigenvalue weighted by atomic mass is 10.1. The maximum atomic E-state index is 12.3. The summed E-state index contributed by atoms with van der Waals surface area (Å²) in [6.07, 6.45) is 2.05. The SMILES string of the molecule is Cc1ccc(S(=O)(=O)N/N=C/c2ccccc2CC#Cc2ccccc2)cc1. The van der Waals surface area contributed by atoms with E-state index in [-0.39, 0.29) is 4.90 Å². The highest BCUT2D eigenvalue weighted by Gasteiger charge is 2.11. The number of sulfonamides is 1. The summed E-state index contributed by atoms with van der Waals surface area (Å²) in [6, 6.07) is 24.0. The van der Waals surface area contributed by atoms with Gasteiger partial charge in [-0.05, 0) is 42.3 Å². The maximum absolute atomic E-state index is 12.3. The molecule has 0 saturated carbocycles. The second-order valence-electron chi connectivity index (χ2n) is 6.21. The summed E-state index contributed by atoms with van der Waals surface area (Å²) in [5.74, 6) is 6.27. The summed E-state index contributed by atoms with van der Waals surface area (Å²) in [5.41, 5.74) is 3.74. The van der Waals surface area contributed by atoms with Crippen molar-refractivity contribution < 1.29 is 8.42 Å². The molecule has 0 bridgehead atoms. The molecule has 0 fully saturated rings. The van der Waals surface area contributed by atoms with Gasteiger partial charge in [0.2, 0.25) is 0 Å². The molecule has 5 heteroatoms. The molecule has 0 heterocycles. The van der Waals surface area contributed by atoms with Crippen LogP contribution in [0, 0.1) is 18.8 Å².